The van der Waals surface area contributed by atoms with E-state index in [0.717, 1.165) is 23.3 Å². The zero-order valence-electron chi connectivity index (χ0n) is 9.69. The fraction of sp³-hybridized carbons (Fsp3) is 0.429. The molecule has 1 aliphatic carbocycles. The minimum absolute atomic E-state index is 0.468. The molecular formula is C14H15NO2. The van der Waals surface area contributed by atoms with Crippen molar-refractivity contribution in [1.29, 1.82) is 0 Å². The van der Waals surface area contributed by atoms with Gasteiger partial charge in [0.05, 0.1) is 0 Å². The van der Waals surface area contributed by atoms with Crippen LogP contribution in [0.25, 0.3) is 11.1 Å². The third-order valence-electron chi connectivity index (χ3n) is 3.52. The van der Waals surface area contributed by atoms with Crippen molar-refractivity contribution in [2.75, 3.05) is 0 Å². The zero-order chi connectivity index (χ0) is 11.7. The van der Waals surface area contributed by atoms with Gasteiger partial charge < -0.3 is 4.42 Å². The molecule has 3 heteroatoms. The predicted molar refractivity (Wildman–Crippen MR) is 65.2 cm³/mol. The van der Waals surface area contributed by atoms with E-state index in [1.807, 2.05) is 6.07 Å². The number of oxazole rings is 1. The van der Waals surface area contributed by atoms with Crippen LogP contribution in [0.15, 0.2) is 22.6 Å². The highest BCUT2D eigenvalue weighted by atomic mass is 16.3. The van der Waals surface area contributed by atoms with E-state index in [1.54, 1.807) is 12.1 Å². The summed E-state index contributed by atoms with van der Waals surface area (Å²) in [6, 6.07) is 5.39. The number of hydrogen-bond donors (Lipinski definition) is 0. The van der Waals surface area contributed by atoms with Gasteiger partial charge in [-0.2, -0.15) is 0 Å². The van der Waals surface area contributed by atoms with Gasteiger partial charge >= 0.3 is 0 Å². The molecular weight excluding hydrogens is 214 g/mol. The second-order valence-electron chi connectivity index (χ2n) is 4.73. The summed E-state index contributed by atoms with van der Waals surface area (Å²) in [5.41, 5.74) is 2.24. The van der Waals surface area contributed by atoms with Crippen LogP contribution in [0.3, 0.4) is 0 Å². The van der Waals surface area contributed by atoms with Crippen LogP contribution in [-0.4, -0.2) is 11.3 Å². The molecule has 1 aromatic carbocycles. The highest BCUT2D eigenvalue weighted by molar-refractivity contribution is 5.83. The van der Waals surface area contributed by atoms with E-state index in [-0.39, 0.29) is 0 Å². The molecule has 0 aliphatic heterocycles. The Balaban J connectivity index is 1.97. The minimum Gasteiger partial charge on any atom is -0.440 e. The van der Waals surface area contributed by atoms with Crippen molar-refractivity contribution < 1.29 is 9.21 Å². The molecule has 17 heavy (non-hydrogen) atoms. The van der Waals surface area contributed by atoms with E-state index in [0.29, 0.717) is 11.5 Å². The largest absolute Gasteiger partial charge is 0.440 e. The molecule has 0 N–H and O–H groups in total. The Morgan fingerprint density at radius 2 is 2.06 bits per heavy atom. The lowest BCUT2D eigenvalue weighted by Gasteiger charge is -2.17. The van der Waals surface area contributed by atoms with Crippen molar-refractivity contribution in [3.05, 3.63) is 29.7 Å². The van der Waals surface area contributed by atoms with E-state index < -0.39 is 0 Å². The van der Waals surface area contributed by atoms with Crippen LogP contribution in [0.5, 0.6) is 0 Å². The van der Waals surface area contributed by atoms with E-state index >= 15 is 0 Å². The van der Waals surface area contributed by atoms with Crippen molar-refractivity contribution >= 4 is 17.4 Å². The SMILES string of the molecule is O=Cc1ccc2oc(C3CCCCC3)nc2c1. The molecule has 0 bridgehead atoms. The van der Waals surface area contributed by atoms with Crippen molar-refractivity contribution in [3.8, 4) is 0 Å². The molecule has 1 fully saturated rings. The van der Waals surface area contributed by atoms with Gasteiger partial charge in [-0.05, 0) is 31.0 Å². The van der Waals surface area contributed by atoms with Crippen LogP contribution in [0.1, 0.15) is 54.3 Å². The smallest absolute Gasteiger partial charge is 0.198 e. The first-order valence-corrected chi connectivity index (χ1v) is 6.22. The van der Waals surface area contributed by atoms with Gasteiger partial charge in [0.25, 0.3) is 0 Å². The van der Waals surface area contributed by atoms with E-state index in [2.05, 4.69) is 4.98 Å². The predicted octanol–water partition coefficient (Wildman–Crippen LogP) is 3.69. The summed E-state index contributed by atoms with van der Waals surface area (Å²) >= 11 is 0. The highest BCUT2D eigenvalue weighted by Gasteiger charge is 2.20. The molecule has 2 aromatic rings. The number of carbonyl (C=O) groups is 1. The number of aldehydes is 1. The van der Waals surface area contributed by atoms with E-state index in [1.165, 1.54) is 32.1 Å². The molecule has 1 aliphatic rings. The molecule has 3 rings (SSSR count). The number of nitrogens with zero attached hydrogens (tertiary/aromatic N) is 1. The van der Waals surface area contributed by atoms with Crippen LogP contribution in [0.4, 0.5) is 0 Å². The lowest BCUT2D eigenvalue weighted by atomic mass is 9.89. The summed E-state index contributed by atoms with van der Waals surface area (Å²) in [4.78, 5) is 15.2. The van der Waals surface area contributed by atoms with Gasteiger partial charge in [0.2, 0.25) is 0 Å². The third kappa shape index (κ3) is 1.97. The standard InChI is InChI=1S/C14H15NO2/c16-9-10-6-7-13-12(8-10)15-14(17-13)11-4-2-1-3-5-11/h6-9,11H,1-5H2. The van der Waals surface area contributed by atoms with E-state index in [4.69, 9.17) is 4.42 Å². The van der Waals surface area contributed by atoms with Gasteiger partial charge in [0.1, 0.15) is 11.8 Å². The Kier molecular flexibility index (Phi) is 2.67. The Morgan fingerprint density at radius 1 is 1.24 bits per heavy atom. The Morgan fingerprint density at radius 3 is 2.82 bits per heavy atom. The van der Waals surface area contributed by atoms with Gasteiger partial charge in [0, 0.05) is 11.5 Å². The van der Waals surface area contributed by atoms with E-state index in [9.17, 15) is 4.79 Å². The molecule has 0 saturated heterocycles. The molecule has 1 heterocycles. The molecule has 0 amide bonds. The number of hydrogen-bond acceptors (Lipinski definition) is 3. The maximum atomic E-state index is 10.7. The van der Waals surface area contributed by atoms with Crippen LogP contribution in [0, 0.1) is 0 Å². The lowest BCUT2D eigenvalue weighted by molar-refractivity contribution is 0.112. The molecule has 88 valence electrons. The Labute approximate surface area is 99.8 Å². The molecule has 1 saturated carbocycles. The maximum absolute atomic E-state index is 10.7. The second kappa shape index (κ2) is 4.32. The number of rotatable bonds is 2. The number of carbonyl (C=O) groups excluding carboxylic acids is 1. The molecule has 0 atom stereocenters. The van der Waals surface area contributed by atoms with Gasteiger partial charge in [-0.3, -0.25) is 4.79 Å². The monoisotopic (exact) mass is 229 g/mol. The first kappa shape index (κ1) is 10.5. The van der Waals surface area contributed by atoms with Crippen LogP contribution in [0.2, 0.25) is 0 Å². The Hall–Kier alpha value is -1.64. The number of fused-ring (bicyclic) bond motifs is 1. The summed E-state index contributed by atoms with van der Waals surface area (Å²) in [6.07, 6.45) is 7.05. The average Bonchev–Trinajstić information content (AvgIpc) is 2.82. The van der Waals surface area contributed by atoms with Gasteiger partial charge in [-0.25, -0.2) is 4.98 Å². The van der Waals surface area contributed by atoms with Crippen molar-refractivity contribution in [2.24, 2.45) is 0 Å². The van der Waals surface area contributed by atoms with Gasteiger partial charge in [-0.15, -0.1) is 0 Å². The number of aromatic nitrogens is 1. The molecule has 3 nitrogen and oxygen atoms in total. The second-order valence-corrected chi connectivity index (χ2v) is 4.73. The van der Waals surface area contributed by atoms with Crippen molar-refractivity contribution in [3.63, 3.8) is 0 Å². The fourth-order valence-electron chi connectivity index (χ4n) is 2.56. The quantitative estimate of drug-likeness (QED) is 0.737. The topological polar surface area (TPSA) is 43.1 Å². The first-order valence-electron chi connectivity index (χ1n) is 6.22. The summed E-state index contributed by atoms with van der Waals surface area (Å²) in [7, 11) is 0. The van der Waals surface area contributed by atoms with Gasteiger partial charge in [-0.1, -0.05) is 19.3 Å². The Bertz CT molecular complexity index is 538. The molecule has 0 unspecified atom stereocenters. The third-order valence-corrected chi connectivity index (χ3v) is 3.52. The average molecular weight is 229 g/mol. The summed E-state index contributed by atoms with van der Waals surface area (Å²) in [6.45, 7) is 0. The molecule has 1 aromatic heterocycles. The van der Waals surface area contributed by atoms with Crippen LogP contribution >= 0.6 is 0 Å². The maximum Gasteiger partial charge on any atom is 0.198 e. The van der Waals surface area contributed by atoms with Crippen LogP contribution in [-0.2, 0) is 0 Å². The highest BCUT2D eigenvalue weighted by Crippen LogP contribution is 2.33. The first-order chi connectivity index (χ1) is 8.36. The fourth-order valence-corrected chi connectivity index (χ4v) is 2.56. The summed E-state index contributed by atoms with van der Waals surface area (Å²) in [5, 5.41) is 0. The minimum atomic E-state index is 0.468. The summed E-state index contributed by atoms with van der Waals surface area (Å²) < 4.78 is 5.78. The molecule has 0 radical (unpaired) electrons. The van der Waals surface area contributed by atoms with Gasteiger partial charge in [0.15, 0.2) is 11.5 Å². The molecule has 0 spiro atoms. The van der Waals surface area contributed by atoms with Crippen molar-refractivity contribution in [1.82, 2.24) is 4.98 Å². The zero-order valence-corrected chi connectivity index (χ0v) is 9.69. The lowest BCUT2D eigenvalue weighted by Crippen LogP contribution is -2.04. The normalized spacial score (nSPS) is 17.4. The van der Waals surface area contributed by atoms with Crippen LogP contribution < -0.4 is 0 Å². The summed E-state index contributed by atoms with van der Waals surface area (Å²) in [5.74, 6) is 1.32. The number of benzene rings is 1. The van der Waals surface area contributed by atoms with Crippen molar-refractivity contribution in [2.45, 2.75) is 38.0 Å².